The third kappa shape index (κ3) is 4.05. The molecule has 0 spiro atoms. The van der Waals surface area contributed by atoms with Crippen LogP contribution in [0.5, 0.6) is 0 Å². The Balaban J connectivity index is 1.69. The maximum Gasteiger partial charge on any atom is 0.195 e. The van der Waals surface area contributed by atoms with Crippen LogP contribution in [0, 0.1) is 6.92 Å². The van der Waals surface area contributed by atoms with Crippen LogP contribution in [0.3, 0.4) is 0 Å². The van der Waals surface area contributed by atoms with Gasteiger partial charge in [0.25, 0.3) is 0 Å². The van der Waals surface area contributed by atoms with Crippen LogP contribution in [0.25, 0.3) is 33.4 Å². The van der Waals surface area contributed by atoms with Crippen LogP contribution in [0.4, 0.5) is 0 Å². The van der Waals surface area contributed by atoms with Crippen LogP contribution in [0.2, 0.25) is 5.15 Å². The summed E-state index contributed by atoms with van der Waals surface area (Å²) in [5.74, 6) is 0. The van der Waals surface area contributed by atoms with E-state index in [1.165, 1.54) is 0 Å². The third-order valence-corrected chi connectivity index (χ3v) is 6.06. The summed E-state index contributed by atoms with van der Waals surface area (Å²) < 4.78 is 0. The lowest BCUT2D eigenvalue weighted by molar-refractivity contribution is 0.174. The van der Waals surface area contributed by atoms with Gasteiger partial charge in [0.05, 0.1) is 17.2 Å². The molecule has 1 aromatic carbocycles. The summed E-state index contributed by atoms with van der Waals surface area (Å²) in [6, 6.07) is 15.5. The molecule has 5 rings (SSSR count). The molecule has 0 radical (unpaired) electrons. The number of hydrogen-bond acceptors (Lipinski definition) is 5. The number of nitrogens with one attached hydrogen (secondary N) is 1. The van der Waals surface area contributed by atoms with Gasteiger partial charge in [-0.1, -0.05) is 41.9 Å². The van der Waals surface area contributed by atoms with E-state index in [0.29, 0.717) is 34.8 Å². The first-order valence-corrected chi connectivity index (χ1v) is 11.0. The van der Waals surface area contributed by atoms with Gasteiger partial charge in [0.2, 0.25) is 0 Å². The summed E-state index contributed by atoms with van der Waals surface area (Å²) in [6.07, 6.45) is 2.15. The van der Waals surface area contributed by atoms with Gasteiger partial charge in [0.1, 0.15) is 10.8 Å². The Bertz CT molecular complexity index is 1330. The SMILES string of the molecule is Cc1cc(-c2cc3c(=O)c(CN4CCC(O)C4)c[nH]c3nc2-c2ccccc2)cc(Cl)n1. The number of aromatic amines is 1. The fourth-order valence-electron chi connectivity index (χ4n) is 4.32. The minimum absolute atomic E-state index is 0.0506. The number of β-amino-alcohol motifs (C(OH)–C–C–N with tert-alkyl or cyclic N) is 1. The Morgan fingerprint density at radius 3 is 2.69 bits per heavy atom. The first kappa shape index (κ1) is 20.8. The van der Waals surface area contributed by atoms with E-state index in [4.69, 9.17) is 16.6 Å². The van der Waals surface area contributed by atoms with Gasteiger partial charge < -0.3 is 10.1 Å². The molecule has 1 aliphatic rings. The van der Waals surface area contributed by atoms with E-state index in [1.807, 2.05) is 49.4 Å². The number of likely N-dealkylation sites (tertiary alicyclic amines) is 1. The van der Waals surface area contributed by atoms with Crippen LogP contribution in [-0.2, 0) is 6.54 Å². The number of rotatable bonds is 4. The molecule has 1 aliphatic heterocycles. The number of benzene rings is 1. The Morgan fingerprint density at radius 2 is 1.97 bits per heavy atom. The summed E-state index contributed by atoms with van der Waals surface area (Å²) >= 11 is 6.25. The van der Waals surface area contributed by atoms with E-state index < -0.39 is 0 Å². The van der Waals surface area contributed by atoms with Gasteiger partial charge in [-0.2, -0.15) is 0 Å². The minimum Gasteiger partial charge on any atom is -0.392 e. The Morgan fingerprint density at radius 1 is 1.16 bits per heavy atom. The van der Waals surface area contributed by atoms with Crippen molar-refractivity contribution in [1.82, 2.24) is 19.9 Å². The molecule has 32 heavy (non-hydrogen) atoms. The van der Waals surface area contributed by atoms with Gasteiger partial charge in [0, 0.05) is 48.2 Å². The highest BCUT2D eigenvalue weighted by Gasteiger charge is 2.22. The van der Waals surface area contributed by atoms with Crippen molar-refractivity contribution in [3.05, 3.63) is 81.4 Å². The lowest BCUT2D eigenvalue weighted by Crippen LogP contribution is -2.25. The average molecular weight is 447 g/mol. The summed E-state index contributed by atoms with van der Waals surface area (Å²) in [4.78, 5) is 27.8. The maximum absolute atomic E-state index is 13.4. The predicted octanol–water partition coefficient (Wildman–Crippen LogP) is 4.18. The van der Waals surface area contributed by atoms with E-state index in [0.717, 1.165) is 41.0 Å². The first-order chi connectivity index (χ1) is 15.5. The molecule has 6 nitrogen and oxygen atoms in total. The van der Waals surface area contributed by atoms with Crippen LogP contribution in [-0.4, -0.2) is 44.2 Å². The largest absolute Gasteiger partial charge is 0.392 e. The van der Waals surface area contributed by atoms with Gasteiger partial charge in [-0.15, -0.1) is 0 Å². The number of aliphatic hydroxyl groups is 1. The maximum atomic E-state index is 13.4. The molecule has 1 unspecified atom stereocenters. The zero-order chi connectivity index (χ0) is 22.2. The van der Waals surface area contributed by atoms with Gasteiger partial charge in [-0.05, 0) is 37.1 Å². The number of pyridine rings is 3. The molecule has 3 aromatic heterocycles. The van der Waals surface area contributed by atoms with Crippen molar-refractivity contribution < 1.29 is 5.11 Å². The predicted molar refractivity (Wildman–Crippen MR) is 127 cm³/mol. The van der Waals surface area contributed by atoms with Crippen molar-refractivity contribution in [2.24, 2.45) is 0 Å². The number of nitrogens with zero attached hydrogens (tertiary/aromatic N) is 3. The van der Waals surface area contributed by atoms with Crippen molar-refractivity contribution in [3.63, 3.8) is 0 Å². The smallest absolute Gasteiger partial charge is 0.195 e. The summed E-state index contributed by atoms with van der Waals surface area (Å²) in [5, 5.41) is 10.7. The highest BCUT2D eigenvalue weighted by molar-refractivity contribution is 6.29. The zero-order valence-electron chi connectivity index (χ0n) is 17.7. The van der Waals surface area contributed by atoms with E-state index in [2.05, 4.69) is 14.9 Å². The van der Waals surface area contributed by atoms with Crippen LogP contribution < -0.4 is 5.43 Å². The summed E-state index contributed by atoms with van der Waals surface area (Å²) in [7, 11) is 0. The molecular formula is C25H23ClN4O2. The lowest BCUT2D eigenvalue weighted by Gasteiger charge is -2.16. The molecule has 0 aliphatic carbocycles. The normalized spacial score (nSPS) is 16.7. The molecule has 0 amide bonds. The zero-order valence-corrected chi connectivity index (χ0v) is 18.4. The number of hydrogen-bond donors (Lipinski definition) is 2. The molecule has 0 saturated carbocycles. The Hall–Kier alpha value is -3.06. The standard InChI is InChI=1S/C25H23ClN4O2/c1-15-9-17(10-22(26)28-15)20-11-21-24(32)18(13-30-8-7-19(31)14-30)12-27-25(21)29-23(20)16-5-3-2-4-6-16/h2-6,9-12,19,31H,7-8,13-14H2,1H3,(H,27,29,32). The number of fused-ring (bicyclic) bond motifs is 1. The van der Waals surface area contributed by atoms with E-state index in [9.17, 15) is 9.90 Å². The fraction of sp³-hybridized carbons (Fsp3) is 0.240. The minimum atomic E-state index is -0.323. The monoisotopic (exact) mass is 446 g/mol. The molecule has 1 fully saturated rings. The van der Waals surface area contributed by atoms with Gasteiger partial charge in [-0.3, -0.25) is 9.69 Å². The summed E-state index contributed by atoms with van der Waals surface area (Å²) in [5.41, 5.74) is 5.36. The van der Waals surface area contributed by atoms with E-state index in [-0.39, 0.29) is 11.5 Å². The highest BCUT2D eigenvalue weighted by Crippen LogP contribution is 2.33. The number of aryl methyl sites for hydroxylation is 1. The number of H-pyrrole nitrogens is 1. The Kier molecular flexibility index (Phi) is 5.51. The third-order valence-electron chi connectivity index (χ3n) is 5.86. The molecule has 4 heterocycles. The van der Waals surface area contributed by atoms with E-state index >= 15 is 0 Å². The second kappa shape index (κ2) is 8.47. The van der Waals surface area contributed by atoms with Crippen molar-refractivity contribution in [2.75, 3.05) is 13.1 Å². The fourth-order valence-corrected chi connectivity index (χ4v) is 4.58. The summed E-state index contributed by atoms with van der Waals surface area (Å²) in [6.45, 7) is 3.76. The first-order valence-electron chi connectivity index (χ1n) is 10.6. The van der Waals surface area contributed by atoms with Gasteiger partial charge in [0.15, 0.2) is 5.43 Å². The number of aromatic nitrogens is 3. The molecule has 162 valence electrons. The van der Waals surface area contributed by atoms with Crippen LogP contribution in [0.1, 0.15) is 17.7 Å². The molecule has 4 aromatic rings. The molecule has 1 saturated heterocycles. The van der Waals surface area contributed by atoms with Crippen molar-refractivity contribution in [2.45, 2.75) is 26.0 Å². The quantitative estimate of drug-likeness (QED) is 0.459. The second-order valence-corrected chi connectivity index (χ2v) is 8.67. The number of aliphatic hydroxyl groups excluding tert-OH is 1. The van der Waals surface area contributed by atoms with Crippen molar-refractivity contribution >= 4 is 22.6 Å². The Labute approximate surface area is 190 Å². The average Bonchev–Trinajstić information content (AvgIpc) is 3.19. The molecule has 7 heteroatoms. The number of halogens is 1. The van der Waals surface area contributed by atoms with E-state index in [1.54, 1.807) is 12.3 Å². The van der Waals surface area contributed by atoms with Crippen LogP contribution in [0.15, 0.2) is 59.5 Å². The van der Waals surface area contributed by atoms with Crippen LogP contribution >= 0.6 is 11.6 Å². The highest BCUT2D eigenvalue weighted by atomic mass is 35.5. The molecular weight excluding hydrogens is 424 g/mol. The molecule has 2 N–H and O–H groups in total. The second-order valence-electron chi connectivity index (χ2n) is 8.29. The molecule has 0 bridgehead atoms. The molecule has 1 atom stereocenters. The topological polar surface area (TPSA) is 82.1 Å². The van der Waals surface area contributed by atoms with Crippen molar-refractivity contribution in [3.8, 4) is 22.4 Å². The van der Waals surface area contributed by atoms with Crippen molar-refractivity contribution in [1.29, 1.82) is 0 Å². The lowest BCUT2D eigenvalue weighted by atomic mass is 9.98. The van der Waals surface area contributed by atoms with Gasteiger partial charge in [-0.25, -0.2) is 9.97 Å². The van der Waals surface area contributed by atoms with Gasteiger partial charge >= 0.3 is 0 Å².